The van der Waals surface area contributed by atoms with Crippen LogP contribution < -0.4 is 10.6 Å². The Hall–Kier alpha value is -1.04. The van der Waals surface area contributed by atoms with Gasteiger partial charge < -0.3 is 19.9 Å². The first-order chi connectivity index (χ1) is 8.70. The summed E-state index contributed by atoms with van der Waals surface area (Å²) in [4.78, 5) is 12.0. The van der Waals surface area contributed by atoms with Crippen LogP contribution in [0.5, 0.6) is 0 Å². The lowest BCUT2D eigenvalue weighted by Crippen LogP contribution is -2.48. The summed E-state index contributed by atoms with van der Waals surface area (Å²) in [5.41, 5.74) is 0.597. The van der Waals surface area contributed by atoms with Gasteiger partial charge in [0.25, 0.3) is 5.91 Å². The summed E-state index contributed by atoms with van der Waals surface area (Å²) >= 11 is 5.90. The predicted octanol–water partition coefficient (Wildman–Crippen LogP) is 0.880. The number of nitrogens with zero attached hydrogens (tertiary/aromatic N) is 1. The van der Waals surface area contributed by atoms with Crippen molar-refractivity contribution in [3.8, 4) is 0 Å². The van der Waals surface area contributed by atoms with Crippen LogP contribution in [0.1, 0.15) is 17.4 Å². The Bertz CT molecular complexity index is 413. The van der Waals surface area contributed by atoms with Crippen molar-refractivity contribution < 1.29 is 9.53 Å². The van der Waals surface area contributed by atoms with E-state index in [0.717, 1.165) is 19.7 Å². The monoisotopic (exact) mass is 271 g/mol. The van der Waals surface area contributed by atoms with Gasteiger partial charge in [0.1, 0.15) is 5.69 Å². The highest BCUT2D eigenvalue weighted by atomic mass is 35.5. The Kier molecular flexibility index (Phi) is 4.63. The number of rotatable bonds is 4. The maximum Gasteiger partial charge on any atom is 0.268 e. The molecule has 1 saturated heterocycles. The Morgan fingerprint density at radius 2 is 2.56 bits per heavy atom. The van der Waals surface area contributed by atoms with E-state index in [2.05, 4.69) is 10.6 Å². The van der Waals surface area contributed by atoms with Crippen LogP contribution in [0.2, 0.25) is 5.02 Å². The summed E-state index contributed by atoms with van der Waals surface area (Å²) in [5, 5.41) is 6.77. The van der Waals surface area contributed by atoms with Gasteiger partial charge in [-0.15, -0.1) is 0 Å². The fourth-order valence-electron chi connectivity index (χ4n) is 1.98. The molecule has 0 aromatic carbocycles. The standard InChI is InChI=1S/C12H18ClN3O2/c1-2-16-7-9(13)5-11(16)12(17)15-6-10-8-18-4-3-14-10/h5,7,10,14H,2-4,6,8H2,1H3,(H,15,17). The van der Waals surface area contributed by atoms with Crippen LogP contribution in [0.25, 0.3) is 0 Å². The first kappa shape index (κ1) is 13.4. The van der Waals surface area contributed by atoms with Gasteiger partial charge in [0.2, 0.25) is 0 Å². The molecular weight excluding hydrogens is 254 g/mol. The number of ether oxygens (including phenoxy) is 1. The molecule has 0 aliphatic carbocycles. The molecule has 0 bridgehead atoms. The number of amides is 1. The Balaban J connectivity index is 1.90. The molecule has 18 heavy (non-hydrogen) atoms. The Labute approximate surface area is 111 Å². The molecule has 0 saturated carbocycles. The minimum absolute atomic E-state index is 0.101. The molecule has 2 N–H and O–H groups in total. The van der Waals surface area contributed by atoms with Crippen molar-refractivity contribution in [2.45, 2.75) is 19.5 Å². The van der Waals surface area contributed by atoms with Gasteiger partial charge in [-0.05, 0) is 13.0 Å². The molecular formula is C12H18ClN3O2. The Morgan fingerprint density at radius 3 is 3.22 bits per heavy atom. The van der Waals surface area contributed by atoms with Crippen molar-refractivity contribution in [2.75, 3.05) is 26.3 Å². The van der Waals surface area contributed by atoms with Gasteiger partial charge in [-0.2, -0.15) is 0 Å². The van der Waals surface area contributed by atoms with E-state index < -0.39 is 0 Å². The molecule has 0 radical (unpaired) electrons. The van der Waals surface area contributed by atoms with Crippen LogP contribution in [0.15, 0.2) is 12.3 Å². The fraction of sp³-hybridized carbons (Fsp3) is 0.583. The normalized spacial score (nSPS) is 19.8. The average Bonchev–Trinajstić information content (AvgIpc) is 2.78. The maximum absolute atomic E-state index is 12.0. The van der Waals surface area contributed by atoms with E-state index >= 15 is 0 Å². The van der Waals surface area contributed by atoms with Gasteiger partial charge in [0.05, 0.1) is 18.2 Å². The SMILES string of the molecule is CCn1cc(Cl)cc1C(=O)NCC1COCCN1. The molecule has 0 spiro atoms. The minimum Gasteiger partial charge on any atom is -0.378 e. The smallest absolute Gasteiger partial charge is 0.268 e. The lowest BCUT2D eigenvalue weighted by atomic mass is 10.2. The second-order valence-corrected chi connectivity index (χ2v) is 4.70. The molecule has 100 valence electrons. The first-order valence-corrected chi connectivity index (χ1v) is 6.53. The van der Waals surface area contributed by atoms with E-state index in [1.807, 2.05) is 11.5 Å². The summed E-state index contributed by atoms with van der Waals surface area (Å²) in [6, 6.07) is 1.87. The van der Waals surface area contributed by atoms with Crippen molar-refractivity contribution in [2.24, 2.45) is 0 Å². The number of aryl methyl sites for hydroxylation is 1. The first-order valence-electron chi connectivity index (χ1n) is 6.15. The van der Waals surface area contributed by atoms with E-state index in [1.165, 1.54) is 0 Å². The van der Waals surface area contributed by atoms with Crippen molar-refractivity contribution in [3.63, 3.8) is 0 Å². The average molecular weight is 272 g/mol. The van der Waals surface area contributed by atoms with Crippen LogP contribution in [0, 0.1) is 0 Å². The van der Waals surface area contributed by atoms with Crippen molar-refractivity contribution >= 4 is 17.5 Å². The van der Waals surface area contributed by atoms with Crippen LogP contribution in [0.3, 0.4) is 0 Å². The zero-order valence-corrected chi connectivity index (χ0v) is 11.2. The van der Waals surface area contributed by atoms with Gasteiger partial charge in [0.15, 0.2) is 0 Å². The van der Waals surface area contributed by atoms with E-state index in [4.69, 9.17) is 16.3 Å². The highest BCUT2D eigenvalue weighted by Gasteiger charge is 2.16. The lowest BCUT2D eigenvalue weighted by Gasteiger charge is -2.23. The second kappa shape index (κ2) is 6.22. The number of nitrogens with one attached hydrogen (secondary N) is 2. The molecule has 1 fully saturated rings. The molecule has 2 heterocycles. The number of hydrogen-bond donors (Lipinski definition) is 2. The third-order valence-electron chi connectivity index (χ3n) is 2.94. The molecule has 1 aliphatic rings. The molecule has 6 heteroatoms. The summed E-state index contributed by atoms with van der Waals surface area (Å²) < 4.78 is 7.16. The van der Waals surface area contributed by atoms with Crippen molar-refractivity contribution in [1.29, 1.82) is 0 Å². The van der Waals surface area contributed by atoms with Gasteiger partial charge >= 0.3 is 0 Å². The summed E-state index contributed by atoms with van der Waals surface area (Å²) in [6.07, 6.45) is 1.76. The molecule has 1 aromatic heterocycles. The summed E-state index contributed by atoms with van der Waals surface area (Å²) in [7, 11) is 0. The van der Waals surface area contributed by atoms with E-state index in [-0.39, 0.29) is 11.9 Å². The highest BCUT2D eigenvalue weighted by Crippen LogP contribution is 2.13. The summed E-state index contributed by atoms with van der Waals surface area (Å²) in [6.45, 7) is 5.46. The second-order valence-electron chi connectivity index (χ2n) is 4.27. The quantitative estimate of drug-likeness (QED) is 0.855. The highest BCUT2D eigenvalue weighted by molar-refractivity contribution is 6.31. The van der Waals surface area contributed by atoms with E-state index in [1.54, 1.807) is 12.3 Å². The molecule has 2 rings (SSSR count). The van der Waals surface area contributed by atoms with E-state index in [9.17, 15) is 4.79 Å². The topological polar surface area (TPSA) is 55.3 Å². The van der Waals surface area contributed by atoms with Crippen LogP contribution in [0.4, 0.5) is 0 Å². The molecule has 5 nitrogen and oxygen atoms in total. The molecule has 1 unspecified atom stereocenters. The van der Waals surface area contributed by atoms with Crippen LogP contribution >= 0.6 is 11.6 Å². The van der Waals surface area contributed by atoms with Crippen LogP contribution in [-0.2, 0) is 11.3 Å². The molecule has 1 amide bonds. The number of carbonyl (C=O) groups is 1. The van der Waals surface area contributed by atoms with Crippen molar-refractivity contribution in [3.05, 3.63) is 23.0 Å². The molecule has 1 aliphatic heterocycles. The number of morpholine rings is 1. The molecule has 1 aromatic rings. The maximum atomic E-state index is 12.0. The minimum atomic E-state index is -0.101. The largest absolute Gasteiger partial charge is 0.378 e. The van der Waals surface area contributed by atoms with Gasteiger partial charge in [-0.25, -0.2) is 0 Å². The number of halogens is 1. The number of aromatic nitrogens is 1. The third kappa shape index (κ3) is 3.25. The zero-order chi connectivity index (χ0) is 13.0. The lowest BCUT2D eigenvalue weighted by molar-refractivity contribution is 0.0732. The third-order valence-corrected chi connectivity index (χ3v) is 3.15. The number of carbonyl (C=O) groups excluding carboxylic acids is 1. The van der Waals surface area contributed by atoms with Crippen LogP contribution in [-0.4, -0.2) is 42.8 Å². The van der Waals surface area contributed by atoms with Crippen molar-refractivity contribution in [1.82, 2.24) is 15.2 Å². The van der Waals surface area contributed by atoms with Gasteiger partial charge in [-0.3, -0.25) is 4.79 Å². The summed E-state index contributed by atoms with van der Waals surface area (Å²) in [5.74, 6) is -0.101. The van der Waals surface area contributed by atoms with Gasteiger partial charge in [-0.1, -0.05) is 11.6 Å². The number of hydrogen-bond acceptors (Lipinski definition) is 3. The molecule has 1 atom stereocenters. The van der Waals surface area contributed by atoms with Gasteiger partial charge in [0, 0.05) is 31.9 Å². The van der Waals surface area contributed by atoms with E-state index in [0.29, 0.717) is 23.9 Å². The fourth-order valence-corrected chi connectivity index (χ4v) is 2.21. The predicted molar refractivity (Wildman–Crippen MR) is 70.1 cm³/mol. The Morgan fingerprint density at radius 1 is 1.72 bits per heavy atom. The zero-order valence-electron chi connectivity index (χ0n) is 10.4.